The predicted molar refractivity (Wildman–Crippen MR) is 357 cm³/mol. The average molecular weight is 1070 g/mol. The van der Waals surface area contributed by atoms with Gasteiger partial charge in [-0.3, -0.25) is 4.79 Å². The maximum absolute atomic E-state index is 11.4. The fraction of sp³-hybridized carbons (Fsp3) is 0.985. The molecular weight excluding hydrogens is 899 g/mol. The van der Waals surface area contributed by atoms with Gasteiger partial charge in [0, 0.05) is 27.2 Å². The Morgan fingerprint density at radius 2 is 0.671 bits per heavy atom. The summed E-state index contributed by atoms with van der Waals surface area (Å²) in [5.41, 5.74) is 0. The van der Waals surface area contributed by atoms with Gasteiger partial charge in [0.1, 0.15) is 6.79 Å². The van der Waals surface area contributed by atoms with E-state index in [1.54, 1.807) is 14.2 Å². The van der Waals surface area contributed by atoms with Crippen molar-refractivity contribution < 1.29 is 24.1 Å². The average Bonchev–Trinajstić information content (AvgIpc) is 3.46. The van der Waals surface area contributed by atoms with Crippen molar-refractivity contribution in [1.82, 2.24) is 5.32 Å². The molecule has 0 aliphatic heterocycles. The minimum Gasteiger partial charge on any atom is -0.466 e. The van der Waals surface area contributed by atoms with Crippen LogP contribution in [0.15, 0.2) is 0 Å². The molecule has 1 unspecified atom stereocenters. The second kappa shape index (κ2) is 240. The van der Waals surface area contributed by atoms with Gasteiger partial charge in [-0.15, -0.1) is 0 Å². The molecule has 0 fully saturated rings. The predicted octanol–water partition coefficient (Wildman–Crippen LogP) is 25.8. The molecule has 472 valence electrons. The van der Waals surface area contributed by atoms with Crippen LogP contribution < -0.4 is 5.32 Å². The number of esters is 1. The number of ether oxygens (including phenoxy) is 3. The summed E-state index contributed by atoms with van der Waals surface area (Å²) in [6.45, 7) is 74.6. The Hall–Kier alpha value is -0.690. The van der Waals surface area contributed by atoms with Crippen LogP contribution in [0.3, 0.4) is 0 Å². The molecule has 6 heteroatoms. The van der Waals surface area contributed by atoms with Gasteiger partial charge < -0.3 is 24.6 Å². The van der Waals surface area contributed by atoms with Crippen molar-refractivity contribution in [2.75, 3.05) is 47.3 Å². The number of hydrogen-bond acceptors (Lipinski definition) is 6. The van der Waals surface area contributed by atoms with Crippen LogP contribution in [-0.2, 0) is 19.0 Å². The minimum atomic E-state index is -0.00796. The molecule has 0 spiro atoms. The highest BCUT2D eigenvalue weighted by Crippen LogP contribution is 2.19. The monoisotopic (exact) mass is 1070 g/mol. The third kappa shape index (κ3) is 427. The van der Waals surface area contributed by atoms with E-state index in [1.807, 2.05) is 111 Å². The van der Waals surface area contributed by atoms with Crippen LogP contribution in [0.2, 0.25) is 0 Å². The second-order valence-corrected chi connectivity index (χ2v) is 14.5. The number of carbonyl (C=O) groups is 1. The van der Waals surface area contributed by atoms with Gasteiger partial charge in [0.15, 0.2) is 0 Å². The number of unbranched alkanes of at least 4 members (excludes halogenated alkanes) is 9. The molecule has 0 aromatic carbocycles. The zero-order valence-corrected chi connectivity index (χ0v) is 60.2. The smallest absolute Gasteiger partial charge is 0.306 e. The van der Waals surface area contributed by atoms with E-state index in [4.69, 9.17) is 9.84 Å². The molecule has 0 bridgehead atoms. The van der Waals surface area contributed by atoms with Gasteiger partial charge in [-0.05, 0) is 44.7 Å². The fourth-order valence-electron chi connectivity index (χ4n) is 3.08. The van der Waals surface area contributed by atoms with Gasteiger partial charge >= 0.3 is 5.97 Å². The van der Waals surface area contributed by atoms with Gasteiger partial charge in [-0.1, -0.05) is 357 Å². The summed E-state index contributed by atoms with van der Waals surface area (Å²) in [7, 11) is 3.17. The van der Waals surface area contributed by atoms with Crippen molar-refractivity contribution in [1.29, 1.82) is 0 Å². The van der Waals surface area contributed by atoms with Crippen LogP contribution in [0.25, 0.3) is 0 Å². The number of aliphatic hydroxyl groups is 1. The summed E-state index contributed by atoms with van der Waals surface area (Å²) < 4.78 is 14.0. The molecule has 6 nitrogen and oxygen atoms in total. The van der Waals surface area contributed by atoms with E-state index >= 15 is 0 Å². The third-order valence-electron chi connectivity index (χ3n) is 6.89. The molecule has 2 N–H and O–H groups in total. The van der Waals surface area contributed by atoms with E-state index in [9.17, 15) is 4.79 Å². The van der Waals surface area contributed by atoms with Crippen LogP contribution in [0.1, 0.15) is 390 Å². The van der Waals surface area contributed by atoms with E-state index in [-0.39, 0.29) is 5.97 Å². The lowest BCUT2D eigenvalue weighted by Gasteiger charge is -2.14. The second-order valence-electron chi connectivity index (χ2n) is 14.5. The summed E-state index contributed by atoms with van der Waals surface area (Å²) in [4.78, 5) is 11.4. The Morgan fingerprint density at radius 1 is 0.384 bits per heavy atom. The SMILES string of the molecule is CC.CC.CC.CC.CC.CC.CC.CCC.CCC.CCCC.CCCC.CCCC.CCCCC.CCCCC(CCC)CC(=O)OCCC.CCCCCC.CCCNCC.CCCO.COCOC. The lowest BCUT2D eigenvalue weighted by atomic mass is 9.94. The first-order valence-corrected chi connectivity index (χ1v) is 32.8. The molecule has 0 aromatic rings. The van der Waals surface area contributed by atoms with Crippen LogP contribution >= 0.6 is 0 Å². The number of aliphatic hydroxyl groups excluding tert-OH is 1. The van der Waals surface area contributed by atoms with Gasteiger partial charge in [-0.2, -0.15) is 0 Å². The highest BCUT2D eigenvalue weighted by atomic mass is 16.6. The molecule has 0 radical (unpaired) electrons. The van der Waals surface area contributed by atoms with Crippen LogP contribution in [0.5, 0.6) is 0 Å². The van der Waals surface area contributed by atoms with Gasteiger partial charge in [0.25, 0.3) is 0 Å². The van der Waals surface area contributed by atoms with Crippen molar-refractivity contribution in [3.8, 4) is 0 Å². The summed E-state index contributed by atoms with van der Waals surface area (Å²) in [5.74, 6) is 0.533. The number of rotatable bonds is 23. The van der Waals surface area contributed by atoms with E-state index in [0.29, 0.717) is 32.3 Å². The van der Waals surface area contributed by atoms with Crippen molar-refractivity contribution >= 4 is 5.97 Å². The Balaban J connectivity index is -0.0000000288. The highest BCUT2D eigenvalue weighted by molar-refractivity contribution is 5.69. The molecule has 0 saturated carbocycles. The molecule has 1 atom stereocenters. The maximum Gasteiger partial charge on any atom is 0.306 e. The van der Waals surface area contributed by atoms with Crippen LogP contribution in [0.4, 0.5) is 0 Å². The number of methoxy groups -OCH3 is 2. The Labute approximate surface area is 476 Å². The Morgan fingerprint density at radius 3 is 0.808 bits per heavy atom. The van der Waals surface area contributed by atoms with E-state index in [0.717, 1.165) is 38.8 Å². The lowest BCUT2D eigenvalue weighted by molar-refractivity contribution is -0.144. The zero-order chi connectivity index (χ0) is 62.5. The quantitative estimate of drug-likeness (QED) is 0.0603. The maximum atomic E-state index is 11.4. The van der Waals surface area contributed by atoms with Crippen LogP contribution in [-0.4, -0.2) is 58.4 Å². The lowest BCUT2D eigenvalue weighted by Crippen LogP contribution is -2.12. The zero-order valence-electron chi connectivity index (χ0n) is 60.2. The van der Waals surface area contributed by atoms with Crippen LogP contribution in [0, 0.1) is 5.92 Å². The van der Waals surface area contributed by atoms with E-state index in [2.05, 4.69) is 139 Å². The largest absolute Gasteiger partial charge is 0.466 e. The molecule has 0 rings (SSSR count). The molecule has 0 amide bonds. The minimum absolute atomic E-state index is 0.00796. The standard InChI is InChI=1S/C13H26O2.C6H14.C5H13N.C5H12.3C4H10.C3H8O2.C3H8O.2C3H8.7C2H6/c1-4-7-9-12(8-5-2)11-13(14)15-10-6-3;2*1-3-5-6-4-2;1-3-5-4-2;3*1-3-4-2;1-4-3-5-2;1-2-3-4;2*1-3-2;7*1-2/h12H,4-11H2,1-3H3;3-6H2,1-2H3;6H,3-5H2,1-2H3;3-5H2,1-2H3;3*3-4H2,1-2H3;3H2,1-2H3;4H,2-3H2,1H3;2*3H2,1-2H3;7*1-2H3. The summed E-state index contributed by atoms with van der Waals surface area (Å²) >= 11 is 0. The Kier molecular flexibility index (Phi) is 410. The van der Waals surface area contributed by atoms with Gasteiger partial charge in [0.2, 0.25) is 0 Å². The summed E-state index contributed by atoms with van der Waals surface area (Å²) in [6, 6.07) is 0. The van der Waals surface area contributed by atoms with Crippen molar-refractivity contribution in [3.63, 3.8) is 0 Å². The first-order chi connectivity index (χ1) is 35.4. The topological polar surface area (TPSA) is 77.0 Å². The van der Waals surface area contributed by atoms with Gasteiger partial charge in [0.05, 0.1) is 6.61 Å². The fourth-order valence-corrected chi connectivity index (χ4v) is 3.08. The highest BCUT2D eigenvalue weighted by Gasteiger charge is 2.13. The van der Waals surface area contributed by atoms with E-state index in [1.165, 1.54) is 122 Å². The van der Waals surface area contributed by atoms with Crippen molar-refractivity contribution in [3.05, 3.63) is 0 Å². The molecule has 73 heavy (non-hydrogen) atoms. The first kappa shape index (κ1) is 125. The molecule has 0 aliphatic carbocycles. The molecular formula is C67H169NO5. The number of carbonyl (C=O) groups excluding carboxylic acids is 1. The summed E-state index contributed by atoms with van der Waals surface area (Å²) in [6.07, 6.45) is 29.6. The van der Waals surface area contributed by atoms with Crippen molar-refractivity contribution in [2.45, 2.75) is 390 Å². The normalized spacial score (nSPS) is 7.90. The van der Waals surface area contributed by atoms with Gasteiger partial charge in [-0.25, -0.2) is 0 Å². The number of hydrogen-bond donors (Lipinski definition) is 2. The third-order valence-corrected chi connectivity index (χ3v) is 6.89. The number of nitrogens with one attached hydrogen (secondary N) is 1. The van der Waals surface area contributed by atoms with E-state index < -0.39 is 0 Å². The van der Waals surface area contributed by atoms with Crippen molar-refractivity contribution in [2.24, 2.45) is 5.92 Å². The first-order valence-electron chi connectivity index (χ1n) is 32.8. The molecule has 0 heterocycles. The Bertz CT molecular complexity index is 431. The summed E-state index contributed by atoms with van der Waals surface area (Å²) in [5, 5.41) is 11.1. The molecule has 0 aliphatic rings. The molecule has 0 saturated heterocycles. The molecule has 0 aromatic heterocycles.